The van der Waals surface area contributed by atoms with Crippen molar-refractivity contribution in [2.45, 2.75) is 4.90 Å². The van der Waals surface area contributed by atoms with Crippen LogP contribution in [0.2, 0.25) is 0 Å². The van der Waals surface area contributed by atoms with Crippen LogP contribution in [0.4, 0.5) is 0 Å². The average Bonchev–Trinajstić information content (AvgIpc) is 2.49. The minimum absolute atomic E-state index is 0.0237. The molecule has 0 aromatic carbocycles. The number of rotatable bonds is 5. The number of aryl methyl sites for hydroxylation is 1. The van der Waals surface area contributed by atoms with Crippen LogP contribution in [0.25, 0.3) is 0 Å². The molecule has 0 bridgehead atoms. The molecule has 0 saturated carbocycles. The van der Waals surface area contributed by atoms with Crippen LogP contribution in [-0.2, 0) is 27.1 Å². The van der Waals surface area contributed by atoms with Gasteiger partial charge in [-0.15, -0.1) is 0 Å². The van der Waals surface area contributed by atoms with E-state index < -0.39 is 25.8 Å². The minimum atomic E-state index is -3.72. The zero-order valence-corrected chi connectivity index (χ0v) is 10.1. The van der Waals surface area contributed by atoms with Gasteiger partial charge < -0.3 is 0 Å². The second-order valence-electron chi connectivity index (χ2n) is 3.11. The molecule has 10 heteroatoms. The lowest BCUT2D eigenvalue weighted by Gasteiger charge is -2.02. The largest absolute Gasteiger partial charge is 0.274 e. The van der Waals surface area contributed by atoms with E-state index >= 15 is 0 Å². The van der Waals surface area contributed by atoms with Gasteiger partial charge in [0.05, 0.1) is 11.9 Å². The van der Waals surface area contributed by atoms with Crippen LogP contribution in [-0.4, -0.2) is 38.9 Å². The summed E-state index contributed by atoms with van der Waals surface area (Å²) in [7, 11) is -5.81. The molecule has 8 nitrogen and oxygen atoms in total. The maximum atomic E-state index is 11.5. The number of nitrogens with zero attached hydrogens (tertiary/aromatic N) is 2. The lowest BCUT2D eigenvalue weighted by molar-refractivity contribution is 0.581. The first kappa shape index (κ1) is 13.1. The van der Waals surface area contributed by atoms with E-state index in [9.17, 15) is 16.8 Å². The zero-order valence-electron chi connectivity index (χ0n) is 8.49. The standard InChI is InChI=1S/C6H12N4O4S2/c1-10-5-6(4-8-10)16(13,14)9-2-3-15(7,11)12/h4-5,9H,2-3H2,1H3,(H2,7,11,12). The Balaban J connectivity index is 2.67. The summed E-state index contributed by atoms with van der Waals surface area (Å²) in [6.07, 6.45) is 2.47. The molecule has 3 N–H and O–H groups in total. The number of nitrogens with one attached hydrogen (secondary N) is 1. The van der Waals surface area contributed by atoms with Gasteiger partial charge in [-0.2, -0.15) is 5.10 Å². The van der Waals surface area contributed by atoms with Crippen molar-refractivity contribution in [1.82, 2.24) is 14.5 Å². The Kier molecular flexibility index (Phi) is 3.68. The number of aromatic nitrogens is 2. The Morgan fingerprint density at radius 3 is 2.50 bits per heavy atom. The molecule has 92 valence electrons. The molecule has 0 aliphatic rings. The summed E-state index contributed by atoms with van der Waals surface area (Å²) >= 11 is 0. The van der Waals surface area contributed by atoms with E-state index in [4.69, 9.17) is 5.14 Å². The molecular formula is C6H12N4O4S2. The van der Waals surface area contributed by atoms with Gasteiger partial charge in [-0.05, 0) is 0 Å². The SMILES string of the molecule is Cn1cc(S(=O)(=O)NCCS(N)(=O)=O)cn1. The van der Waals surface area contributed by atoms with Crippen LogP contribution in [0.3, 0.4) is 0 Å². The van der Waals surface area contributed by atoms with E-state index in [1.165, 1.54) is 17.1 Å². The van der Waals surface area contributed by atoms with Crippen LogP contribution in [0.1, 0.15) is 0 Å². The molecule has 0 aliphatic carbocycles. The number of hydrogen-bond donors (Lipinski definition) is 2. The number of sulfonamides is 2. The van der Waals surface area contributed by atoms with Gasteiger partial charge in [-0.1, -0.05) is 0 Å². The minimum Gasteiger partial charge on any atom is -0.274 e. The summed E-state index contributed by atoms with van der Waals surface area (Å²) in [5.41, 5.74) is 0. The Labute approximate surface area is 93.5 Å². The van der Waals surface area contributed by atoms with E-state index in [0.29, 0.717) is 0 Å². The second-order valence-corrected chi connectivity index (χ2v) is 6.62. The predicted octanol–water partition coefficient (Wildman–Crippen LogP) is -2.01. The third kappa shape index (κ3) is 3.89. The summed E-state index contributed by atoms with van der Waals surface area (Å²) in [4.78, 5) is -0.0237. The lowest BCUT2D eigenvalue weighted by atomic mass is 10.7. The van der Waals surface area contributed by atoms with Crippen molar-refractivity contribution in [1.29, 1.82) is 0 Å². The van der Waals surface area contributed by atoms with Crippen LogP contribution >= 0.6 is 0 Å². The number of primary sulfonamides is 1. The molecule has 0 saturated heterocycles. The van der Waals surface area contributed by atoms with Crippen molar-refractivity contribution in [2.24, 2.45) is 12.2 Å². The third-order valence-electron chi connectivity index (χ3n) is 1.67. The maximum absolute atomic E-state index is 11.5. The number of nitrogens with two attached hydrogens (primary N) is 1. The molecule has 1 heterocycles. The first-order valence-corrected chi connectivity index (χ1v) is 7.39. The van der Waals surface area contributed by atoms with Gasteiger partial charge in [0.1, 0.15) is 4.90 Å². The van der Waals surface area contributed by atoms with E-state index in [1.807, 2.05) is 0 Å². The molecule has 16 heavy (non-hydrogen) atoms. The van der Waals surface area contributed by atoms with Gasteiger partial charge in [-0.25, -0.2) is 26.7 Å². The van der Waals surface area contributed by atoms with Crippen molar-refractivity contribution in [3.05, 3.63) is 12.4 Å². The van der Waals surface area contributed by atoms with Crippen LogP contribution in [0.15, 0.2) is 17.3 Å². The molecule has 0 amide bonds. The fraction of sp³-hybridized carbons (Fsp3) is 0.500. The summed E-state index contributed by atoms with van der Waals surface area (Å²) in [6, 6.07) is 0. The van der Waals surface area contributed by atoms with E-state index in [-0.39, 0.29) is 11.4 Å². The van der Waals surface area contributed by atoms with Gasteiger partial charge in [0.2, 0.25) is 20.0 Å². The Morgan fingerprint density at radius 2 is 2.06 bits per heavy atom. The normalized spacial score (nSPS) is 12.9. The molecule has 0 radical (unpaired) electrons. The highest BCUT2D eigenvalue weighted by Crippen LogP contribution is 2.05. The van der Waals surface area contributed by atoms with Crippen LogP contribution < -0.4 is 9.86 Å². The smallest absolute Gasteiger partial charge is 0.243 e. The summed E-state index contributed by atoms with van der Waals surface area (Å²) in [5, 5.41) is 8.42. The summed E-state index contributed by atoms with van der Waals surface area (Å²) < 4.78 is 47.7. The van der Waals surface area contributed by atoms with Crippen molar-refractivity contribution in [3.8, 4) is 0 Å². The van der Waals surface area contributed by atoms with Crippen LogP contribution in [0.5, 0.6) is 0 Å². The van der Waals surface area contributed by atoms with Gasteiger partial charge in [-0.3, -0.25) is 4.68 Å². The zero-order chi connectivity index (χ0) is 12.4. The Hall–Kier alpha value is -0.970. The molecule has 1 aromatic rings. The molecule has 0 fully saturated rings. The van der Waals surface area contributed by atoms with E-state index in [1.54, 1.807) is 7.05 Å². The first-order chi connectivity index (χ1) is 7.21. The third-order valence-corrected chi connectivity index (χ3v) is 3.86. The quantitative estimate of drug-likeness (QED) is 0.638. The fourth-order valence-electron chi connectivity index (χ4n) is 0.939. The molecule has 1 rings (SSSR count). The fourth-order valence-corrected chi connectivity index (χ4v) is 2.47. The molecule has 0 unspecified atom stereocenters. The molecule has 0 aliphatic heterocycles. The molecule has 1 aromatic heterocycles. The van der Waals surface area contributed by atoms with Gasteiger partial charge in [0.25, 0.3) is 0 Å². The topological polar surface area (TPSA) is 124 Å². The predicted molar refractivity (Wildman–Crippen MR) is 56.4 cm³/mol. The molecule has 0 atom stereocenters. The van der Waals surface area contributed by atoms with Gasteiger partial charge in [0, 0.05) is 19.8 Å². The van der Waals surface area contributed by atoms with Crippen molar-refractivity contribution in [3.63, 3.8) is 0 Å². The lowest BCUT2D eigenvalue weighted by Crippen LogP contribution is -2.31. The monoisotopic (exact) mass is 268 g/mol. The highest BCUT2D eigenvalue weighted by molar-refractivity contribution is 7.90. The highest BCUT2D eigenvalue weighted by Gasteiger charge is 2.16. The van der Waals surface area contributed by atoms with E-state index in [2.05, 4.69) is 9.82 Å². The molecular weight excluding hydrogens is 256 g/mol. The summed E-state index contributed by atoms with van der Waals surface area (Å²) in [5.74, 6) is -0.452. The van der Waals surface area contributed by atoms with Crippen molar-refractivity contribution < 1.29 is 16.8 Å². The first-order valence-electron chi connectivity index (χ1n) is 4.19. The van der Waals surface area contributed by atoms with Crippen LogP contribution in [0, 0.1) is 0 Å². The number of hydrogen-bond acceptors (Lipinski definition) is 5. The van der Waals surface area contributed by atoms with Gasteiger partial charge >= 0.3 is 0 Å². The maximum Gasteiger partial charge on any atom is 0.243 e. The highest BCUT2D eigenvalue weighted by atomic mass is 32.2. The summed E-state index contributed by atoms with van der Waals surface area (Å²) in [6.45, 7) is -0.268. The average molecular weight is 268 g/mol. The second kappa shape index (κ2) is 4.49. The van der Waals surface area contributed by atoms with Crippen molar-refractivity contribution in [2.75, 3.05) is 12.3 Å². The van der Waals surface area contributed by atoms with E-state index in [0.717, 1.165) is 0 Å². The van der Waals surface area contributed by atoms with Crippen molar-refractivity contribution >= 4 is 20.0 Å². The molecule has 0 spiro atoms. The Morgan fingerprint density at radius 1 is 1.44 bits per heavy atom. The Bertz CT molecular complexity index is 559. The van der Waals surface area contributed by atoms with Gasteiger partial charge in [0.15, 0.2) is 0 Å².